The summed E-state index contributed by atoms with van der Waals surface area (Å²) in [5, 5.41) is 3.27. The molecule has 1 atom stereocenters. The van der Waals surface area contributed by atoms with Crippen molar-refractivity contribution in [1.82, 2.24) is 10.2 Å². The molecule has 0 unspecified atom stereocenters. The average molecular weight is 488 g/mol. The van der Waals surface area contributed by atoms with E-state index >= 15 is 0 Å². The third-order valence-corrected chi connectivity index (χ3v) is 7.49. The Labute approximate surface area is 212 Å². The Morgan fingerprint density at radius 3 is 2.42 bits per heavy atom. The van der Waals surface area contributed by atoms with E-state index in [0.29, 0.717) is 17.1 Å². The van der Waals surface area contributed by atoms with E-state index in [4.69, 9.17) is 4.74 Å². The average Bonchev–Trinajstić information content (AvgIpc) is 2.87. The summed E-state index contributed by atoms with van der Waals surface area (Å²) in [6.45, 7) is 8.22. The van der Waals surface area contributed by atoms with Gasteiger partial charge in [-0.1, -0.05) is 6.07 Å². The van der Waals surface area contributed by atoms with E-state index < -0.39 is 0 Å². The smallest absolute Gasteiger partial charge is 0.251 e. The van der Waals surface area contributed by atoms with Crippen LogP contribution < -0.4 is 15.0 Å². The molecule has 5 nitrogen and oxygen atoms in total. The molecule has 2 aliphatic rings. The highest BCUT2D eigenvalue weighted by molar-refractivity contribution is 5.94. The van der Waals surface area contributed by atoms with Crippen LogP contribution in [0.1, 0.15) is 39.0 Å². The van der Waals surface area contributed by atoms with Gasteiger partial charge in [0.25, 0.3) is 5.91 Å². The maximum Gasteiger partial charge on any atom is 0.251 e. The molecule has 3 aromatic carbocycles. The number of carbonyl (C=O) groups is 1. The summed E-state index contributed by atoms with van der Waals surface area (Å²) in [6.07, 6.45) is 2.78. The normalized spacial score (nSPS) is 18.0. The van der Waals surface area contributed by atoms with E-state index in [-0.39, 0.29) is 17.8 Å². The zero-order valence-corrected chi connectivity index (χ0v) is 21.3. The Morgan fingerprint density at radius 1 is 0.944 bits per heavy atom. The van der Waals surface area contributed by atoms with Crippen molar-refractivity contribution in [2.75, 3.05) is 38.1 Å². The van der Waals surface area contributed by atoms with Crippen molar-refractivity contribution in [2.45, 2.75) is 39.2 Å². The number of anilines is 1. The molecule has 5 rings (SSSR count). The Balaban J connectivity index is 1.26. The lowest BCUT2D eigenvalue weighted by Gasteiger charge is -2.37. The summed E-state index contributed by atoms with van der Waals surface area (Å²) in [6, 6.07) is 16.2. The van der Waals surface area contributed by atoms with Crippen LogP contribution in [0.5, 0.6) is 11.5 Å². The number of piperazine rings is 1. The molecule has 188 valence electrons. The zero-order valence-electron chi connectivity index (χ0n) is 21.3. The SMILES string of the molecule is Cc1cc(F)ccc1Oc1ccc(C(=O)N[C@H]2CCc3c(C)ccc(N4CCN(C)CC4)c3C2)cc1. The summed E-state index contributed by atoms with van der Waals surface area (Å²) >= 11 is 0. The molecule has 0 bridgehead atoms. The van der Waals surface area contributed by atoms with Crippen molar-refractivity contribution < 1.29 is 13.9 Å². The molecule has 6 heteroatoms. The van der Waals surface area contributed by atoms with Crippen molar-refractivity contribution in [1.29, 1.82) is 0 Å². The minimum Gasteiger partial charge on any atom is -0.457 e. The van der Waals surface area contributed by atoms with Gasteiger partial charge in [0.1, 0.15) is 17.3 Å². The van der Waals surface area contributed by atoms with E-state index in [1.54, 1.807) is 37.3 Å². The van der Waals surface area contributed by atoms with Gasteiger partial charge in [0, 0.05) is 43.5 Å². The quantitative estimate of drug-likeness (QED) is 0.532. The molecule has 0 radical (unpaired) electrons. The molecule has 1 heterocycles. The summed E-state index contributed by atoms with van der Waals surface area (Å²) in [4.78, 5) is 17.9. The van der Waals surface area contributed by atoms with E-state index in [2.05, 4.69) is 41.2 Å². The van der Waals surface area contributed by atoms with Gasteiger partial charge in [-0.2, -0.15) is 0 Å². The van der Waals surface area contributed by atoms with Gasteiger partial charge in [-0.25, -0.2) is 4.39 Å². The van der Waals surface area contributed by atoms with Crippen molar-refractivity contribution >= 4 is 11.6 Å². The van der Waals surface area contributed by atoms with Crippen LogP contribution in [0.25, 0.3) is 0 Å². The summed E-state index contributed by atoms with van der Waals surface area (Å²) < 4.78 is 19.2. The number of rotatable bonds is 5. The number of ether oxygens (including phenoxy) is 1. The van der Waals surface area contributed by atoms with Crippen molar-refractivity contribution in [2.24, 2.45) is 0 Å². The van der Waals surface area contributed by atoms with Crippen LogP contribution in [-0.2, 0) is 12.8 Å². The summed E-state index contributed by atoms with van der Waals surface area (Å²) in [5.41, 5.74) is 6.86. The fourth-order valence-electron chi connectivity index (χ4n) is 5.30. The van der Waals surface area contributed by atoms with E-state index in [1.165, 1.54) is 34.5 Å². The lowest BCUT2D eigenvalue weighted by atomic mass is 9.84. The van der Waals surface area contributed by atoms with Crippen LogP contribution in [0.2, 0.25) is 0 Å². The molecule has 1 aliphatic carbocycles. The number of hydrogen-bond donors (Lipinski definition) is 1. The molecule has 1 amide bonds. The van der Waals surface area contributed by atoms with Crippen LogP contribution in [0, 0.1) is 19.7 Å². The largest absolute Gasteiger partial charge is 0.457 e. The first-order valence-corrected chi connectivity index (χ1v) is 12.8. The number of nitrogens with zero attached hydrogens (tertiary/aromatic N) is 2. The molecular weight excluding hydrogens is 453 g/mol. The predicted molar refractivity (Wildman–Crippen MR) is 142 cm³/mol. The summed E-state index contributed by atoms with van der Waals surface area (Å²) in [5.74, 6) is 0.853. The van der Waals surface area contributed by atoms with E-state index in [1.807, 2.05) is 0 Å². The first-order chi connectivity index (χ1) is 17.4. The number of benzene rings is 3. The van der Waals surface area contributed by atoms with Crippen LogP contribution in [-0.4, -0.2) is 50.1 Å². The Hall–Kier alpha value is -3.38. The number of hydrogen-bond acceptors (Lipinski definition) is 4. The van der Waals surface area contributed by atoms with Gasteiger partial charge in [-0.15, -0.1) is 0 Å². The number of carbonyl (C=O) groups excluding carboxylic acids is 1. The highest BCUT2D eigenvalue weighted by atomic mass is 19.1. The lowest BCUT2D eigenvalue weighted by Crippen LogP contribution is -2.45. The first-order valence-electron chi connectivity index (χ1n) is 12.8. The summed E-state index contributed by atoms with van der Waals surface area (Å²) in [7, 11) is 2.18. The molecule has 1 aliphatic heterocycles. The second kappa shape index (κ2) is 10.3. The molecule has 1 N–H and O–H groups in total. The fraction of sp³-hybridized carbons (Fsp3) is 0.367. The van der Waals surface area contributed by atoms with Gasteiger partial charge in [0.2, 0.25) is 0 Å². The molecule has 0 aromatic heterocycles. The zero-order chi connectivity index (χ0) is 25.2. The van der Waals surface area contributed by atoms with Crippen LogP contribution >= 0.6 is 0 Å². The van der Waals surface area contributed by atoms with E-state index in [9.17, 15) is 9.18 Å². The Kier molecular flexibility index (Phi) is 6.97. The molecule has 1 saturated heterocycles. The van der Waals surface area contributed by atoms with Crippen LogP contribution in [0.4, 0.5) is 10.1 Å². The van der Waals surface area contributed by atoms with Gasteiger partial charge in [0.05, 0.1) is 0 Å². The number of likely N-dealkylation sites (N-methyl/N-ethyl adjacent to an activating group) is 1. The second-order valence-electron chi connectivity index (χ2n) is 10.1. The van der Waals surface area contributed by atoms with Crippen molar-refractivity contribution in [3.8, 4) is 11.5 Å². The van der Waals surface area contributed by atoms with Gasteiger partial charge in [0.15, 0.2) is 0 Å². The minimum absolute atomic E-state index is 0.0678. The molecule has 0 saturated carbocycles. The number of fused-ring (bicyclic) bond motifs is 1. The topological polar surface area (TPSA) is 44.8 Å². The molecule has 3 aromatic rings. The van der Waals surface area contributed by atoms with Gasteiger partial charge in [-0.3, -0.25) is 4.79 Å². The number of aryl methyl sites for hydroxylation is 2. The maximum atomic E-state index is 13.3. The first kappa shape index (κ1) is 24.3. The maximum absolute atomic E-state index is 13.3. The van der Waals surface area contributed by atoms with E-state index in [0.717, 1.165) is 51.0 Å². The lowest BCUT2D eigenvalue weighted by molar-refractivity contribution is 0.0933. The van der Waals surface area contributed by atoms with Gasteiger partial charge < -0.3 is 19.9 Å². The van der Waals surface area contributed by atoms with Gasteiger partial charge >= 0.3 is 0 Å². The second-order valence-corrected chi connectivity index (χ2v) is 10.1. The third kappa shape index (κ3) is 5.24. The number of nitrogens with one attached hydrogen (secondary N) is 1. The van der Waals surface area contributed by atoms with Crippen LogP contribution in [0.3, 0.4) is 0 Å². The highest BCUT2D eigenvalue weighted by Gasteiger charge is 2.27. The standard InChI is InChI=1S/C30H34FN3O2/c1-20-4-12-28(34-16-14-33(3)15-17-34)27-19-24(8-11-26(20)27)32-30(35)22-5-9-25(10-6-22)36-29-13-7-23(31)18-21(29)2/h4-7,9-10,12-13,18,24H,8,11,14-17,19H2,1-3H3,(H,32,35)/t24-/m0/s1. The van der Waals surface area contributed by atoms with Crippen molar-refractivity contribution in [3.05, 3.63) is 88.2 Å². The molecule has 1 fully saturated rings. The fourth-order valence-corrected chi connectivity index (χ4v) is 5.30. The monoisotopic (exact) mass is 487 g/mol. The number of halogens is 1. The third-order valence-electron chi connectivity index (χ3n) is 7.49. The molecule has 0 spiro atoms. The number of amides is 1. The predicted octanol–water partition coefficient (Wildman–Crippen LogP) is 5.27. The molecule has 36 heavy (non-hydrogen) atoms. The van der Waals surface area contributed by atoms with Crippen LogP contribution in [0.15, 0.2) is 54.6 Å². The van der Waals surface area contributed by atoms with Crippen molar-refractivity contribution in [3.63, 3.8) is 0 Å². The Bertz CT molecular complexity index is 1250. The highest BCUT2D eigenvalue weighted by Crippen LogP contribution is 2.34. The molecular formula is C30H34FN3O2. The Morgan fingerprint density at radius 2 is 1.69 bits per heavy atom. The minimum atomic E-state index is -0.289. The van der Waals surface area contributed by atoms with Gasteiger partial charge in [-0.05, 0) is 111 Å².